The van der Waals surface area contributed by atoms with Crippen LogP contribution in [0.25, 0.3) is 0 Å². The highest BCUT2D eigenvalue weighted by Crippen LogP contribution is 2.24. The number of rotatable bonds is 7. The highest BCUT2D eigenvalue weighted by Gasteiger charge is 2.20. The first-order valence-electron chi connectivity index (χ1n) is 7.19. The maximum absolute atomic E-state index is 11.5. The SMILES string of the molecule is CCC(=O)Oc1cccc(C(OC(=O)CC)OC(=O)CC)c1. The van der Waals surface area contributed by atoms with Gasteiger partial charge in [-0.3, -0.25) is 14.4 Å². The minimum Gasteiger partial charge on any atom is -0.427 e. The van der Waals surface area contributed by atoms with E-state index in [-0.39, 0.29) is 25.2 Å². The van der Waals surface area contributed by atoms with E-state index < -0.39 is 18.2 Å². The number of ether oxygens (including phenoxy) is 3. The summed E-state index contributed by atoms with van der Waals surface area (Å²) in [5, 5.41) is 0. The number of hydrogen-bond acceptors (Lipinski definition) is 6. The first kappa shape index (κ1) is 17.7. The molecule has 1 aromatic carbocycles. The lowest BCUT2D eigenvalue weighted by molar-refractivity contribution is -0.189. The van der Waals surface area contributed by atoms with Gasteiger partial charge in [0, 0.05) is 24.8 Å². The zero-order valence-corrected chi connectivity index (χ0v) is 13.0. The lowest BCUT2D eigenvalue weighted by atomic mass is 10.2. The van der Waals surface area contributed by atoms with Gasteiger partial charge < -0.3 is 14.2 Å². The smallest absolute Gasteiger partial charge is 0.310 e. The average molecular weight is 308 g/mol. The lowest BCUT2D eigenvalue weighted by Crippen LogP contribution is -2.17. The van der Waals surface area contributed by atoms with Gasteiger partial charge in [-0.05, 0) is 12.1 Å². The van der Waals surface area contributed by atoms with Gasteiger partial charge in [-0.2, -0.15) is 0 Å². The molecule has 0 unspecified atom stereocenters. The van der Waals surface area contributed by atoms with Crippen molar-refractivity contribution < 1.29 is 28.6 Å². The van der Waals surface area contributed by atoms with E-state index in [0.717, 1.165) is 0 Å². The summed E-state index contributed by atoms with van der Waals surface area (Å²) < 4.78 is 15.3. The molecule has 0 fully saturated rings. The van der Waals surface area contributed by atoms with Crippen molar-refractivity contribution in [1.29, 1.82) is 0 Å². The van der Waals surface area contributed by atoms with E-state index in [0.29, 0.717) is 11.3 Å². The summed E-state index contributed by atoms with van der Waals surface area (Å²) in [7, 11) is 0. The van der Waals surface area contributed by atoms with Crippen LogP contribution in [0.4, 0.5) is 0 Å². The molecule has 0 aromatic heterocycles. The number of carbonyl (C=O) groups excluding carboxylic acids is 3. The highest BCUT2D eigenvalue weighted by molar-refractivity contribution is 5.72. The number of esters is 3. The molecule has 0 bridgehead atoms. The quantitative estimate of drug-likeness (QED) is 0.438. The largest absolute Gasteiger partial charge is 0.427 e. The molecular formula is C16H20O6. The second kappa shape index (κ2) is 8.81. The fourth-order valence-corrected chi connectivity index (χ4v) is 1.49. The molecule has 0 aliphatic rings. The van der Waals surface area contributed by atoms with E-state index in [4.69, 9.17) is 14.2 Å². The van der Waals surface area contributed by atoms with Crippen LogP contribution in [0.15, 0.2) is 24.3 Å². The molecule has 0 saturated heterocycles. The molecule has 0 spiro atoms. The van der Waals surface area contributed by atoms with Gasteiger partial charge in [-0.25, -0.2) is 0 Å². The maximum atomic E-state index is 11.5. The fourth-order valence-electron chi connectivity index (χ4n) is 1.49. The number of benzene rings is 1. The maximum Gasteiger partial charge on any atom is 0.310 e. The summed E-state index contributed by atoms with van der Waals surface area (Å²) in [4.78, 5) is 34.3. The summed E-state index contributed by atoms with van der Waals surface area (Å²) in [5.41, 5.74) is 0.421. The van der Waals surface area contributed by atoms with Crippen molar-refractivity contribution >= 4 is 17.9 Å². The van der Waals surface area contributed by atoms with E-state index >= 15 is 0 Å². The molecule has 0 atom stereocenters. The number of hydrogen-bond donors (Lipinski definition) is 0. The van der Waals surface area contributed by atoms with Crippen molar-refractivity contribution in [2.45, 2.75) is 46.3 Å². The molecule has 0 saturated carbocycles. The summed E-state index contributed by atoms with van der Waals surface area (Å²) in [6, 6.07) is 6.35. The Morgan fingerprint density at radius 1 is 0.909 bits per heavy atom. The Morgan fingerprint density at radius 3 is 1.95 bits per heavy atom. The van der Waals surface area contributed by atoms with E-state index in [9.17, 15) is 14.4 Å². The summed E-state index contributed by atoms with van der Waals surface area (Å²) >= 11 is 0. The Labute approximate surface area is 129 Å². The molecule has 0 amide bonds. The van der Waals surface area contributed by atoms with Gasteiger partial charge in [0.2, 0.25) is 0 Å². The van der Waals surface area contributed by atoms with Gasteiger partial charge >= 0.3 is 17.9 Å². The monoisotopic (exact) mass is 308 g/mol. The molecule has 6 heteroatoms. The topological polar surface area (TPSA) is 78.9 Å². The van der Waals surface area contributed by atoms with Gasteiger partial charge in [0.1, 0.15) is 5.75 Å². The van der Waals surface area contributed by atoms with Crippen molar-refractivity contribution in [3.63, 3.8) is 0 Å². The van der Waals surface area contributed by atoms with Gasteiger partial charge in [0.05, 0.1) is 0 Å². The van der Waals surface area contributed by atoms with Crippen LogP contribution < -0.4 is 4.74 Å². The van der Waals surface area contributed by atoms with Crippen LogP contribution in [-0.2, 0) is 23.9 Å². The fraction of sp³-hybridized carbons (Fsp3) is 0.438. The molecule has 0 radical (unpaired) electrons. The molecule has 120 valence electrons. The third-order valence-corrected chi connectivity index (χ3v) is 2.70. The van der Waals surface area contributed by atoms with Crippen LogP contribution in [-0.4, -0.2) is 17.9 Å². The van der Waals surface area contributed by atoms with Crippen LogP contribution in [0.1, 0.15) is 51.9 Å². The molecule has 0 N–H and O–H groups in total. The van der Waals surface area contributed by atoms with Crippen molar-refractivity contribution in [1.82, 2.24) is 0 Å². The predicted molar refractivity (Wildman–Crippen MR) is 77.9 cm³/mol. The third-order valence-electron chi connectivity index (χ3n) is 2.70. The molecule has 0 heterocycles. The second-order valence-electron chi connectivity index (χ2n) is 4.42. The van der Waals surface area contributed by atoms with Crippen molar-refractivity contribution in [3.05, 3.63) is 29.8 Å². The molecule has 6 nitrogen and oxygen atoms in total. The van der Waals surface area contributed by atoms with E-state index in [1.807, 2.05) is 0 Å². The Balaban J connectivity index is 2.96. The zero-order valence-electron chi connectivity index (χ0n) is 13.0. The van der Waals surface area contributed by atoms with Crippen LogP contribution in [0.2, 0.25) is 0 Å². The standard InChI is InChI=1S/C16H20O6/c1-4-13(17)20-12-9-7-8-11(10-12)16(21-14(18)5-2)22-15(19)6-3/h7-10,16H,4-6H2,1-3H3. The first-order valence-corrected chi connectivity index (χ1v) is 7.19. The van der Waals surface area contributed by atoms with E-state index in [2.05, 4.69) is 0 Å². The van der Waals surface area contributed by atoms with Crippen LogP contribution >= 0.6 is 0 Å². The minimum absolute atomic E-state index is 0.157. The molecule has 1 aromatic rings. The van der Waals surface area contributed by atoms with Crippen LogP contribution in [0.3, 0.4) is 0 Å². The second-order valence-corrected chi connectivity index (χ2v) is 4.42. The molecule has 22 heavy (non-hydrogen) atoms. The van der Waals surface area contributed by atoms with Gasteiger partial charge in [-0.15, -0.1) is 0 Å². The van der Waals surface area contributed by atoms with Gasteiger partial charge in [0.25, 0.3) is 6.29 Å². The highest BCUT2D eigenvalue weighted by atomic mass is 16.7. The Kier molecular flexibility index (Phi) is 7.08. The average Bonchev–Trinajstić information content (AvgIpc) is 2.53. The van der Waals surface area contributed by atoms with E-state index in [1.165, 1.54) is 6.07 Å². The van der Waals surface area contributed by atoms with Crippen molar-refractivity contribution in [2.75, 3.05) is 0 Å². The molecule has 1 rings (SSSR count). The predicted octanol–water partition coefficient (Wildman–Crippen LogP) is 2.91. The first-order chi connectivity index (χ1) is 10.5. The lowest BCUT2D eigenvalue weighted by Gasteiger charge is -2.18. The summed E-state index contributed by atoms with van der Waals surface area (Å²) in [5.74, 6) is -1.08. The summed E-state index contributed by atoms with van der Waals surface area (Å²) in [6.45, 7) is 4.96. The van der Waals surface area contributed by atoms with Crippen molar-refractivity contribution in [3.8, 4) is 5.75 Å². The van der Waals surface area contributed by atoms with Crippen LogP contribution in [0, 0.1) is 0 Å². The Bertz CT molecular complexity index is 519. The third kappa shape index (κ3) is 5.55. The van der Waals surface area contributed by atoms with Crippen LogP contribution in [0.5, 0.6) is 5.75 Å². The molecular weight excluding hydrogens is 288 g/mol. The van der Waals surface area contributed by atoms with E-state index in [1.54, 1.807) is 39.0 Å². The minimum atomic E-state index is -1.15. The normalized spacial score (nSPS) is 10.2. The Hall–Kier alpha value is -2.37. The molecule has 0 aliphatic heterocycles. The molecule has 0 aliphatic carbocycles. The zero-order chi connectivity index (χ0) is 16.5. The van der Waals surface area contributed by atoms with Crippen molar-refractivity contribution in [2.24, 2.45) is 0 Å². The number of carbonyl (C=O) groups is 3. The Morgan fingerprint density at radius 2 is 1.45 bits per heavy atom. The van der Waals surface area contributed by atoms with Gasteiger partial charge in [-0.1, -0.05) is 32.9 Å². The summed E-state index contributed by atoms with van der Waals surface area (Å²) in [6.07, 6.45) is -0.598. The van der Waals surface area contributed by atoms with Gasteiger partial charge in [0.15, 0.2) is 0 Å².